The number of carbonyl (C=O) groups excluding carboxylic acids is 1. The molecule has 0 fully saturated rings. The van der Waals surface area contributed by atoms with Crippen LogP contribution >= 0.6 is 0 Å². The maximum Gasteiger partial charge on any atom is 0.451 e. The van der Waals surface area contributed by atoms with Gasteiger partial charge in [0.1, 0.15) is 0 Å². The molecule has 0 aliphatic rings. The van der Waals surface area contributed by atoms with Crippen molar-refractivity contribution in [3.63, 3.8) is 0 Å². The number of carbonyl (C=O) groups is 2. The van der Waals surface area contributed by atoms with Crippen LogP contribution in [0.4, 0.5) is 13.2 Å². The van der Waals surface area contributed by atoms with Gasteiger partial charge in [-0.15, -0.1) is 6.58 Å². The molecule has 22 heavy (non-hydrogen) atoms. The SMILES string of the molecule is C=CCOCC(NC(=O)c1cnc(C(F)(F)F)nc1)C(=O)O. The maximum atomic E-state index is 12.3. The zero-order chi connectivity index (χ0) is 16.8. The first-order valence-corrected chi connectivity index (χ1v) is 5.87. The van der Waals surface area contributed by atoms with Crippen LogP contribution in [0.5, 0.6) is 0 Å². The van der Waals surface area contributed by atoms with Gasteiger partial charge in [-0.05, 0) is 0 Å². The fraction of sp³-hybridized carbons (Fsp3) is 0.333. The minimum atomic E-state index is -4.73. The van der Waals surface area contributed by atoms with Crippen LogP contribution in [0, 0.1) is 0 Å². The zero-order valence-corrected chi connectivity index (χ0v) is 11.1. The lowest BCUT2D eigenvalue weighted by Crippen LogP contribution is -2.44. The van der Waals surface area contributed by atoms with Crippen molar-refractivity contribution in [2.45, 2.75) is 12.2 Å². The molecule has 0 bridgehead atoms. The highest BCUT2D eigenvalue weighted by Crippen LogP contribution is 2.25. The second-order valence-corrected chi connectivity index (χ2v) is 3.98. The lowest BCUT2D eigenvalue weighted by Gasteiger charge is -2.14. The third-order valence-electron chi connectivity index (χ3n) is 2.29. The number of halogens is 3. The summed E-state index contributed by atoms with van der Waals surface area (Å²) in [5.41, 5.74) is -0.303. The lowest BCUT2D eigenvalue weighted by molar-refractivity contribution is -0.145. The number of ether oxygens (including phenoxy) is 1. The molecule has 0 aliphatic carbocycles. The maximum absolute atomic E-state index is 12.3. The molecular weight excluding hydrogens is 307 g/mol. The standard InChI is InChI=1S/C12H12F3N3O4/c1-2-3-22-6-8(10(20)21)18-9(19)7-4-16-11(17-5-7)12(13,14)15/h2,4-5,8H,1,3,6H2,(H,18,19)(H,20,21). The highest BCUT2D eigenvalue weighted by atomic mass is 19.4. The molecule has 0 aromatic carbocycles. The summed E-state index contributed by atoms with van der Waals surface area (Å²) in [5, 5.41) is 11.0. The van der Waals surface area contributed by atoms with Crippen LogP contribution in [0.1, 0.15) is 16.2 Å². The smallest absolute Gasteiger partial charge is 0.451 e. The number of aliphatic carboxylic acids is 1. The van der Waals surface area contributed by atoms with Crippen LogP contribution in [-0.2, 0) is 15.7 Å². The molecule has 1 atom stereocenters. The van der Waals surface area contributed by atoms with E-state index in [2.05, 4.69) is 21.9 Å². The van der Waals surface area contributed by atoms with E-state index in [0.717, 1.165) is 0 Å². The Hall–Kier alpha value is -2.49. The van der Waals surface area contributed by atoms with Crippen molar-refractivity contribution in [2.24, 2.45) is 0 Å². The molecule has 0 spiro atoms. The van der Waals surface area contributed by atoms with Crippen LogP contribution in [-0.4, -0.2) is 46.2 Å². The number of nitrogens with one attached hydrogen (secondary N) is 1. The van der Waals surface area contributed by atoms with Gasteiger partial charge in [0.05, 0.1) is 18.8 Å². The molecule has 2 N–H and O–H groups in total. The van der Waals surface area contributed by atoms with E-state index in [-0.39, 0.29) is 18.8 Å². The first kappa shape index (κ1) is 17.6. The average Bonchev–Trinajstić information content (AvgIpc) is 2.45. The second-order valence-electron chi connectivity index (χ2n) is 3.98. The van der Waals surface area contributed by atoms with Gasteiger partial charge in [-0.25, -0.2) is 14.8 Å². The van der Waals surface area contributed by atoms with E-state index in [9.17, 15) is 22.8 Å². The summed E-state index contributed by atoms with van der Waals surface area (Å²) in [6.07, 6.45) is -2.01. The van der Waals surface area contributed by atoms with Crippen LogP contribution < -0.4 is 5.32 Å². The number of alkyl halides is 3. The molecule has 120 valence electrons. The Morgan fingerprint density at radius 1 is 1.41 bits per heavy atom. The van der Waals surface area contributed by atoms with Crippen LogP contribution in [0.2, 0.25) is 0 Å². The molecule has 1 unspecified atom stereocenters. The fourth-order valence-electron chi connectivity index (χ4n) is 1.28. The Kier molecular flexibility index (Phi) is 5.99. The van der Waals surface area contributed by atoms with Gasteiger partial charge in [0.2, 0.25) is 5.82 Å². The Morgan fingerprint density at radius 3 is 2.45 bits per heavy atom. The minimum absolute atomic E-state index is 0.0864. The summed E-state index contributed by atoms with van der Waals surface area (Å²) < 4.78 is 41.8. The molecule has 1 aromatic rings. The normalized spacial score (nSPS) is 12.5. The number of rotatable bonds is 7. The molecule has 1 heterocycles. The van der Waals surface area contributed by atoms with Crippen molar-refractivity contribution in [3.05, 3.63) is 36.4 Å². The average molecular weight is 319 g/mol. The lowest BCUT2D eigenvalue weighted by atomic mass is 10.2. The molecule has 1 amide bonds. The summed E-state index contributed by atoms with van der Waals surface area (Å²) in [4.78, 5) is 28.7. The fourth-order valence-corrected chi connectivity index (χ4v) is 1.28. The van der Waals surface area contributed by atoms with Gasteiger partial charge in [0, 0.05) is 12.4 Å². The minimum Gasteiger partial charge on any atom is -0.480 e. The van der Waals surface area contributed by atoms with E-state index in [4.69, 9.17) is 9.84 Å². The van der Waals surface area contributed by atoms with Crippen molar-refractivity contribution in [3.8, 4) is 0 Å². The predicted octanol–water partition coefficient (Wildman–Crippen LogP) is 0.881. The van der Waals surface area contributed by atoms with E-state index < -0.39 is 29.9 Å². The van der Waals surface area contributed by atoms with E-state index in [1.165, 1.54) is 6.08 Å². The molecule has 0 aliphatic heterocycles. The number of aromatic nitrogens is 2. The van der Waals surface area contributed by atoms with Gasteiger partial charge < -0.3 is 15.2 Å². The summed E-state index contributed by atoms with van der Waals surface area (Å²) >= 11 is 0. The van der Waals surface area contributed by atoms with Gasteiger partial charge in [0.25, 0.3) is 5.91 Å². The first-order chi connectivity index (χ1) is 10.3. The monoisotopic (exact) mass is 319 g/mol. The largest absolute Gasteiger partial charge is 0.480 e. The van der Waals surface area contributed by atoms with Crippen molar-refractivity contribution < 1.29 is 32.6 Å². The highest BCUT2D eigenvalue weighted by molar-refractivity contribution is 5.96. The highest BCUT2D eigenvalue weighted by Gasteiger charge is 2.34. The summed E-state index contributed by atoms with van der Waals surface area (Å²) in [5.74, 6) is -3.68. The first-order valence-electron chi connectivity index (χ1n) is 5.87. The summed E-state index contributed by atoms with van der Waals surface area (Å²) in [6, 6.07) is -1.37. The van der Waals surface area contributed by atoms with Crippen molar-refractivity contribution in [1.82, 2.24) is 15.3 Å². The molecule has 1 aromatic heterocycles. The third-order valence-corrected chi connectivity index (χ3v) is 2.29. The molecule has 0 saturated carbocycles. The number of carboxylic acids is 1. The zero-order valence-electron chi connectivity index (χ0n) is 11.1. The van der Waals surface area contributed by atoms with Crippen LogP contribution in [0.15, 0.2) is 25.0 Å². The number of hydrogen-bond acceptors (Lipinski definition) is 5. The third kappa shape index (κ3) is 5.13. The van der Waals surface area contributed by atoms with Gasteiger partial charge in [-0.3, -0.25) is 4.79 Å². The van der Waals surface area contributed by atoms with Gasteiger partial charge in [-0.2, -0.15) is 13.2 Å². The molecular formula is C12H12F3N3O4. The van der Waals surface area contributed by atoms with E-state index >= 15 is 0 Å². The Balaban J connectivity index is 2.73. The van der Waals surface area contributed by atoms with E-state index in [1.54, 1.807) is 0 Å². The summed E-state index contributed by atoms with van der Waals surface area (Å²) in [6.45, 7) is 3.13. The molecule has 0 radical (unpaired) electrons. The van der Waals surface area contributed by atoms with Crippen molar-refractivity contribution >= 4 is 11.9 Å². The van der Waals surface area contributed by atoms with Gasteiger partial charge >= 0.3 is 12.1 Å². The van der Waals surface area contributed by atoms with Gasteiger partial charge in [-0.1, -0.05) is 6.08 Å². The molecule has 10 heteroatoms. The number of hydrogen-bond donors (Lipinski definition) is 2. The van der Waals surface area contributed by atoms with E-state index in [1.807, 2.05) is 0 Å². The van der Waals surface area contributed by atoms with E-state index in [0.29, 0.717) is 12.4 Å². The molecule has 1 rings (SSSR count). The molecule has 0 saturated heterocycles. The Bertz CT molecular complexity index is 546. The quantitative estimate of drug-likeness (QED) is 0.571. The number of amides is 1. The predicted molar refractivity (Wildman–Crippen MR) is 66.9 cm³/mol. The van der Waals surface area contributed by atoms with Crippen LogP contribution in [0.25, 0.3) is 0 Å². The topological polar surface area (TPSA) is 101 Å². The Labute approximate surface area is 122 Å². The van der Waals surface area contributed by atoms with Crippen molar-refractivity contribution in [2.75, 3.05) is 13.2 Å². The summed E-state index contributed by atoms with van der Waals surface area (Å²) in [7, 11) is 0. The number of carboxylic acid groups (broad SMARTS) is 1. The second kappa shape index (κ2) is 7.50. The van der Waals surface area contributed by atoms with Crippen molar-refractivity contribution in [1.29, 1.82) is 0 Å². The molecule has 7 nitrogen and oxygen atoms in total. The van der Waals surface area contributed by atoms with Crippen LogP contribution in [0.3, 0.4) is 0 Å². The number of nitrogens with zero attached hydrogens (tertiary/aromatic N) is 2. The Morgan fingerprint density at radius 2 is 2.00 bits per heavy atom. The van der Waals surface area contributed by atoms with Gasteiger partial charge in [0.15, 0.2) is 6.04 Å².